The van der Waals surface area contributed by atoms with Crippen molar-refractivity contribution in [2.45, 2.75) is 38.2 Å². The molecule has 0 bridgehead atoms. The zero-order valence-electron chi connectivity index (χ0n) is 21.0. The highest BCUT2D eigenvalue weighted by Crippen LogP contribution is 2.51. The normalized spacial score (nSPS) is 19.4. The van der Waals surface area contributed by atoms with E-state index in [1.165, 1.54) is 37.9 Å². The van der Waals surface area contributed by atoms with Crippen LogP contribution in [0.3, 0.4) is 0 Å². The largest absolute Gasteiger partial charge is 0.508 e. The highest BCUT2D eigenvalue weighted by molar-refractivity contribution is 5.98. The maximum atomic E-state index is 10.2. The Morgan fingerprint density at radius 1 is 0.811 bits per heavy atom. The molecule has 6 heteroatoms. The van der Waals surface area contributed by atoms with E-state index in [9.17, 15) is 10.2 Å². The minimum absolute atomic E-state index is 0.172. The fraction of sp³-hybridized carbons (Fsp3) is 0.355. The SMILES string of the molecule is Oc1ccc2c(c1)O[C@@H](c1ccc(OCCN3CCCCC3)cc1)C1=C2CCCOc2cc(O)ccc21. The Hall–Kier alpha value is -3.64. The van der Waals surface area contributed by atoms with Gasteiger partial charge < -0.3 is 24.4 Å². The van der Waals surface area contributed by atoms with Gasteiger partial charge in [-0.3, -0.25) is 4.90 Å². The van der Waals surface area contributed by atoms with Crippen LogP contribution in [0.1, 0.15) is 54.9 Å². The molecule has 6 nitrogen and oxygen atoms in total. The lowest BCUT2D eigenvalue weighted by Crippen LogP contribution is -2.33. The summed E-state index contributed by atoms with van der Waals surface area (Å²) in [6, 6.07) is 18.7. The Balaban J connectivity index is 1.32. The van der Waals surface area contributed by atoms with Crippen LogP contribution in [-0.4, -0.2) is 48.0 Å². The number of likely N-dealkylation sites (tertiary alicyclic amines) is 1. The summed E-state index contributed by atoms with van der Waals surface area (Å²) in [6.07, 6.45) is 5.17. The van der Waals surface area contributed by atoms with Gasteiger partial charge in [0, 0.05) is 35.4 Å². The van der Waals surface area contributed by atoms with E-state index in [1.807, 2.05) is 24.3 Å². The molecule has 0 saturated carbocycles. The molecule has 1 fully saturated rings. The van der Waals surface area contributed by atoms with E-state index < -0.39 is 6.10 Å². The van der Waals surface area contributed by atoms with Crippen molar-refractivity contribution in [2.75, 3.05) is 32.8 Å². The number of hydrogen-bond donors (Lipinski definition) is 2. The average Bonchev–Trinajstić information content (AvgIpc) is 2.90. The van der Waals surface area contributed by atoms with Crippen molar-refractivity contribution in [2.24, 2.45) is 0 Å². The summed E-state index contributed by atoms with van der Waals surface area (Å²) in [4.78, 5) is 2.47. The Bertz CT molecular complexity index is 1290. The van der Waals surface area contributed by atoms with E-state index in [0.29, 0.717) is 24.7 Å². The van der Waals surface area contributed by atoms with Crippen LogP contribution in [0, 0.1) is 0 Å². The summed E-state index contributed by atoms with van der Waals surface area (Å²) >= 11 is 0. The van der Waals surface area contributed by atoms with Gasteiger partial charge in [0.05, 0.1) is 6.61 Å². The minimum Gasteiger partial charge on any atom is -0.508 e. The third-order valence-corrected chi connectivity index (χ3v) is 7.51. The average molecular weight is 500 g/mol. The first-order valence-corrected chi connectivity index (χ1v) is 13.3. The second-order valence-corrected chi connectivity index (χ2v) is 10.0. The van der Waals surface area contributed by atoms with Gasteiger partial charge in [0.15, 0.2) is 0 Å². The number of nitrogens with zero attached hydrogens (tertiary/aromatic N) is 1. The smallest absolute Gasteiger partial charge is 0.150 e. The highest BCUT2D eigenvalue weighted by Gasteiger charge is 2.33. The lowest BCUT2D eigenvalue weighted by molar-refractivity contribution is 0.183. The topological polar surface area (TPSA) is 71.4 Å². The predicted octanol–water partition coefficient (Wildman–Crippen LogP) is 6.18. The standard InChI is InChI=1S/C31H33NO5/c33-22-9-13-27-28(19-22)36-17-4-5-26-25-12-8-23(34)20-29(25)37-31(30(26)27)21-6-10-24(11-7-21)35-18-16-32-14-2-1-3-15-32/h6-13,19-20,31,33-34H,1-5,14-18H2/t31-/m0/s1. The molecule has 3 aromatic carbocycles. The van der Waals surface area contributed by atoms with Crippen LogP contribution in [0.2, 0.25) is 0 Å². The molecular weight excluding hydrogens is 466 g/mol. The third-order valence-electron chi connectivity index (χ3n) is 7.51. The second-order valence-electron chi connectivity index (χ2n) is 10.0. The van der Waals surface area contributed by atoms with Crippen molar-refractivity contribution in [1.29, 1.82) is 0 Å². The van der Waals surface area contributed by atoms with E-state index in [4.69, 9.17) is 14.2 Å². The molecule has 0 unspecified atom stereocenters. The summed E-state index contributed by atoms with van der Waals surface area (Å²) in [6.45, 7) is 4.52. The summed E-state index contributed by atoms with van der Waals surface area (Å²) in [7, 11) is 0. The summed E-state index contributed by atoms with van der Waals surface area (Å²) in [5, 5.41) is 20.3. The third kappa shape index (κ3) is 4.98. The number of piperidine rings is 1. The molecule has 3 aliphatic rings. The number of fused-ring (bicyclic) bond motifs is 4. The molecular formula is C31H33NO5. The van der Waals surface area contributed by atoms with Crippen molar-refractivity contribution in [1.82, 2.24) is 4.90 Å². The molecule has 3 heterocycles. The second kappa shape index (κ2) is 10.4. The first-order valence-electron chi connectivity index (χ1n) is 13.3. The van der Waals surface area contributed by atoms with Crippen molar-refractivity contribution >= 4 is 11.1 Å². The molecule has 0 aromatic heterocycles. The molecule has 37 heavy (non-hydrogen) atoms. The van der Waals surface area contributed by atoms with E-state index in [2.05, 4.69) is 17.0 Å². The predicted molar refractivity (Wildman–Crippen MR) is 143 cm³/mol. The van der Waals surface area contributed by atoms with E-state index in [-0.39, 0.29) is 11.5 Å². The highest BCUT2D eigenvalue weighted by atomic mass is 16.5. The maximum Gasteiger partial charge on any atom is 0.150 e. The zero-order valence-corrected chi connectivity index (χ0v) is 21.0. The molecule has 192 valence electrons. The molecule has 3 aromatic rings. The fourth-order valence-corrected chi connectivity index (χ4v) is 5.65. The molecule has 0 radical (unpaired) electrons. The Labute approximate surface area is 217 Å². The van der Waals surface area contributed by atoms with Gasteiger partial charge in [0.2, 0.25) is 0 Å². The molecule has 6 rings (SSSR count). The van der Waals surface area contributed by atoms with Gasteiger partial charge in [-0.15, -0.1) is 0 Å². The number of rotatable bonds is 5. The zero-order chi connectivity index (χ0) is 25.2. The molecule has 2 N–H and O–H groups in total. The van der Waals surface area contributed by atoms with Crippen molar-refractivity contribution in [3.05, 3.63) is 77.4 Å². The van der Waals surface area contributed by atoms with Gasteiger partial charge in [0.1, 0.15) is 41.5 Å². The van der Waals surface area contributed by atoms with Gasteiger partial charge in [-0.2, -0.15) is 0 Å². The number of allylic oxidation sites excluding steroid dienone is 1. The summed E-state index contributed by atoms with van der Waals surface area (Å²) in [5.41, 5.74) is 5.11. The molecule has 0 amide bonds. The number of benzene rings is 3. The van der Waals surface area contributed by atoms with Crippen LogP contribution < -0.4 is 14.2 Å². The van der Waals surface area contributed by atoms with Gasteiger partial charge in [0.25, 0.3) is 0 Å². The molecule has 1 saturated heterocycles. The summed E-state index contributed by atoms with van der Waals surface area (Å²) < 4.78 is 18.7. The molecule has 0 spiro atoms. The quantitative estimate of drug-likeness (QED) is 0.437. The van der Waals surface area contributed by atoms with Gasteiger partial charge in [-0.25, -0.2) is 0 Å². The minimum atomic E-state index is -0.392. The number of hydrogen-bond acceptors (Lipinski definition) is 6. The lowest BCUT2D eigenvalue weighted by Gasteiger charge is -2.34. The summed E-state index contributed by atoms with van der Waals surface area (Å²) in [5.74, 6) is 2.52. The number of aromatic hydroxyl groups is 2. The monoisotopic (exact) mass is 499 g/mol. The van der Waals surface area contributed by atoms with Crippen LogP contribution in [0.4, 0.5) is 0 Å². The lowest BCUT2D eigenvalue weighted by atomic mass is 9.82. The molecule has 0 aliphatic carbocycles. The fourth-order valence-electron chi connectivity index (χ4n) is 5.65. The van der Waals surface area contributed by atoms with Crippen molar-refractivity contribution in [3.63, 3.8) is 0 Å². The van der Waals surface area contributed by atoms with E-state index >= 15 is 0 Å². The van der Waals surface area contributed by atoms with Crippen LogP contribution in [0.5, 0.6) is 28.7 Å². The maximum absolute atomic E-state index is 10.2. The Morgan fingerprint density at radius 2 is 1.54 bits per heavy atom. The van der Waals surface area contributed by atoms with Crippen molar-refractivity contribution in [3.8, 4) is 28.7 Å². The van der Waals surface area contributed by atoms with Crippen LogP contribution in [-0.2, 0) is 0 Å². The van der Waals surface area contributed by atoms with E-state index in [1.54, 1.807) is 24.3 Å². The molecule has 1 atom stereocenters. The first-order chi connectivity index (χ1) is 18.2. The molecule has 3 aliphatic heterocycles. The Kier molecular flexibility index (Phi) is 6.66. The van der Waals surface area contributed by atoms with Crippen LogP contribution >= 0.6 is 0 Å². The van der Waals surface area contributed by atoms with Gasteiger partial charge >= 0.3 is 0 Å². The number of ether oxygens (including phenoxy) is 3. The van der Waals surface area contributed by atoms with Crippen LogP contribution in [0.25, 0.3) is 11.1 Å². The van der Waals surface area contributed by atoms with Crippen molar-refractivity contribution < 1.29 is 24.4 Å². The first kappa shape index (κ1) is 23.7. The van der Waals surface area contributed by atoms with Gasteiger partial charge in [-0.1, -0.05) is 18.6 Å². The van der Waals surface area contributed by atoms with Crippen LogP contribution in [0.15, 0.2) is 60.7 Å². The Morgan fingerprint density at radius 3 is 2.32 bits per heavy atom. The number of phenols is 2. The number of phenolic OH excluding ortho intramolecular Hbond substituents is 2. The van der Waals surface area contributed by atoms with E-state index in [0.717, 1.165) is 47.4 Å². The van der Waals surface area contributed by atoms with Gasteiger partial charge in [-0.05, 0) is 86.3 Å².